The molecule has 142 valence electrons. The molecule has 0 aliphatic heterocycles. The summed E-state index contributed by atoms with van der Waals surface area (Å²) in [5.74, 6) is 0.943. The molecule has 0 amide bonds. The van der Waals surface area contributed by atoms with Crippen molar-refractivity contribution in [2.75, 3.05) is 6.61 Å². The van der Waals surface area contributed by atoms with Gasteiger partial charge in [0.05, 0.1) is 18.1 Å². The highest BCUT2D eigenvalue weighted by molar-refractivity contribution is 6.74. The smallest absolute Gasteiger partial charge is 0.315 e. The third-order valence-electron chi connectivity index (χ3n) is 8.17. The predicted octanol–water partition coefficient (Wildman–Crippen LogP) is 5.32. The lowest BCUT2D eigenvalue weighted by Crippen LogP contribution is -2.61. The molecule has 3 rings (SSSR count). The molecule has 3 nitrogen and oxygen atoms in total. The molecule has 3 saturated carbocycles. The van der Waals surface area contributed by atoms with Crippen LogP contribution in [0.25, 0.3) is 0 Å². The Morgan fingerprint density at radius 3 is 2.40 bits per heavy atom. The van der Waals surface area contributed by atoms with Crippen LogP contribution in [0.3, 0.4) is 0 Å². The van der Waals surface area contributed by atoms with Gasteiger partial charge in [0.25, 0.3) is 0 Å². The van der Waals surface area contributed by atoms with Crippen LogP contribution in [0, 0.1) is 22.7 Å². The first kappa shape index (κ1) is 19.2. The fraction of sp³-hybridized carbons (Fsp3) is 0.857. The Labute approximate surface area is 154 Å². The van der Waals surface area contributed by atoms with E-state index in [-0.39, 0.29) is 22.5 Å². The van der Waals surface area contributed by atoms with Gasteiger partial charge in [-0.3, -0.25) is 4.79 Å². The SMILES string of the molecule is C=C1C[C@H]2[C@@H](C1)[C@]1(C)CC[C@]1(C(=O)OCC)[C@@H]2O[Si](C)(C)C(C)(C)C. The minimum Gasteiger partial charge on any atom is -0.465 e. The largest absolute Gasteiger partial charge is 0.465 e. The highest BCUT2D eigenvalue weighted by atomic mass is 28.4. The molecule has 0 saturated heterocycles. The van der Waals surface area contributed by atoms with Crippen LogP contribution in [0.5, 0.6) is 0 Å². The first-order valence-electron chi connectivity index (χ1n) is 9.92. The average molecular weight is 365 g/mol. The van der Waals surface area contributed by atoms with Gasteiger partial charge in [0, 0.05) is 0 Å². The summed E-state index contributed by atoms with van der Waals surface area (Å²) >= 11 is 0. The van der Waals surface area contributed by atoms with Gasteiger partial charge in [0.15, 0.2) is 8.32 Å². The van der Waals surface area contributed by atoms with Crippen LogP contribution in [-0.4, -0.2) is 27.0 Å². The summed E-state index contributed by atoms with van der Waals surface area (Å²) < 4.78 is 12.6. The minimum absolute atomic E-state index is 0.00422. The number of allylic oxidation sites excluding steroid dienone is 1. The second-order valence-corrected chi connectivity index (χ2v) is 15.1. The maximum Gasteiger partial charge on any atom is 0.315 e. The molecule has 3 fully saturated rings. The molecule has 0 aromatic heterocycles. The summed E-state index contributed by atoms with van der Waals surface area (Å²) in [5.41, 5.74) is 0.912. The first-order chi connectivity index (χ1) is 11.4. The predicted molar refractivity (Wildman–Crippen MR) is 104 cm³/mol. The lowest BCUT2D eigenvalue weighted by molar-refractivity contribution is -0.190. The van der Waals surface area contributed by atoms with Crippen LogP contribution >= 0.6 is 0 Å². The second-order valence-electron chi connectivity index (χ2n) is 10.3. The number of ether oxygens (including phenoxy) is 1. The second kappa shape index (κ2) is 5.69. The van der Waals surface area contributed by atoms with Crippen molar-refractivity contribution < 1.29 is 14.0 Å². The van der Waals surface area contributed by atoms with Gasteiger partial charge in [-0.05, 0) is 68.0 Å². The van der Waals surface area contributed by atoms with E-state index < -0.39 is 13.7 Å². The molecule has 0 aromatic carbocycles. The molecule has 0 bridgehead atoms. The lowest BCUT2D eigenvalue weighted by atomic mass is 9.48. The molecule has 0 spiro atoms. The van der Waals surface area contributed by atoms with E-state index in [4.69, 9.17) is 9.16 Å². The molecule has 0 heterocycles. The van der Waals surface area contributed by atoms with Gasteiger partial charge in [-0.2, -0.15) is 0 Å². The fourth-order valence-electron chi connectivity index (χ4n) is 5.57. The van der Waals surface area contributed by atoms with E-state index in [1.807, 2.05) is 6.92 Å². The summed E-state index contributed by atoms with van der Waals surface area (Å²) in [4.78, 5) is 13.2. The summed E-state index contributed by atoms with van der Waals surface area (Å²) in [6, 6.07) is 0. The molecule has 3 aliphatic rings. The van der Waals surface area contributed by atoms with Crippen LogP contribution in [0.1, 0.15) is 60.3 Å². The highest BCUT2D eigenvalue weighted by Gasteiger charge is 2.77. The Kier molecular flexibility index (Phi) is 4.36. The molecule has 0 N–H and O–H groups in total. The van der Waals surface area contributed by atoms with Crippen LogP contribution in [0.15, 0.2) is 12.2 Å². The number of carbonyl (C=O) groups is 1. The van der Waals surface area contributed by atoms with Crippen molar-refractivity contribution in [3.63, 3.8) is 0 Å². The molecular weight excluding hydrogens is 328 g/mol. The third kappa shape index (κ3) is 2.43. The molecular formula is C21H36O3Si. The maximum atomic E-state index is 13.2. The summed E-state index contributed by atoms with van der Waals surface area (Å²) in [7, 11) is -1.98. The average Bonchev–Trinajstić information content (AvgIpc) is 2.89. The molecule has 0 radical (unpaired) electrons. The van der Waals surface area contributed by atoms with Crippen molar-refractivity contribution in [3.8, 4) is 0 Å². The summed E-state index contributed by atoms with van der Waals surface area (Å²) in [5, 5.41) is 0.136. The van der Waals surface area contributed by atoms with Crippen LogP contribution < -0.4 is 0 Å². The minimum atomic E-state index is -1.98. The Hall–Kier alpha value is -0.613. The Balaban J connectivity index is 2.03. The number of hydrogen-bond donors (Lipinski definition) is 0. The number of carbonyl (C=O) groups excluding carboxylic acids is 1. The molecule has 4 heteroatoms. The van der Waals surface area contributed by atoms with Gasteiger partial charge in [0.2, 0.25) is 0 Å². The molecule has 25 heavy (non-hydrogen) atoms. The van der Waals surface area contributed by atoms with Gasteiger partial charge >= 0.3 is 5.97 Å². The zero-order chi connectivity index (χ0) is 18.8. The van der Waals surface area contributed by atoms with Gasteiger partial charge in [0.1, 0.15) is 0 Å². The molecule has 0 aromatic rings. The van der Waals surface area contributed by atoms with E-state index >= 15 is 0 Å². The van der Waals surface area contributed by atoms with E-state index in [2.05, 4.69) is 47.4 Å². The highest BCUT2D eigenvalue weighted by Crippen LogP contribution is 2.75. The number of hydrogen-bond acceptors (Lipinski definition) is 3. The van der Waals surface area contributed by atoms with Crippen molar-refractivity contribution in [2.45, 2.75) is 84.5 Å². The third-order valence-corrected chi connectivity index (χ3v) is 12.6. The number of fused-ring (bicyclic) bond motifs is 3. The normalized spacial score (nSPS) is 40.4. The van der Waals surface area contributed by atoms with E-state index in [0.717, 1.165) is 25.7 Å². The Morgan fingerprint density at radius 2 is 1.92 bits per heavy atom. The monoisotopic (exact) mass is 364 g/mol. The number of esters is 1. The fourth-order valence-corrected chi connectivity index (χ4v) is 6.93. The molecule has 5 atom stereocenters. The number of rotatable bonds is 4. The van der Waals surface area contributed by atoms with Crippen LogP contribution in [0.4, 0.5) is 0 Å². The van der Waals surface area contributed by atoms with Crippen molar-refractivity contribution in [1.82, 2.24) is 0 Å². The zero-order valence-electron chi connectivity index (χ0n) is 17.2. The van der Waals surface area contributed by atoms with Crippen molar-refractivity contribution in [2.24, 2.45) is 22.7 Å². The van der Waals surface area contributed by atoms with Crippen molar-refractivity contribution >= 4 is 14.3 Å². The topological polar surface area (TPSA) is 35.5 Å². The van der Waals surface area contributed by atoms with Gasteiger partial charge in [-0.1, -0.05) is 39.8 Å². The van der Waals surface area contributed by atoms with Gasteiger partial charge < -0.3 is 9.16 Å². The summed E-state index contributed by atoms with van der Waals surface area (Å²) in [6.07, 6.45) is 4.09. The quantitative estimate of drug-likeness (QED) is 0.384. The Morgan fingerprint density at radius 1 is 1.28 bits per heavy atom. The van der Waals surface area contributed by atoms with E-state index in [0.29, 0.717) is 18.4 Å². The standard InChI is InChI=1S/C21H36O3Si/c1-9-23-18(22)21-11-10-20(21,6)16-13-14(2)12-15(16)17(21)24-25(7,8)19(3,4)5/h15-17H,2,9-13H2,1,3-8H3/t15-,16+,17+,20-,21+/m0/s1. The van der Waals surface area contributed by atoms with Crippen LogP contribution in [0.2, 0.25) is 18.1 Å². The van der Waals surface area contributed by atoms with Crippen LogP contribution in [-0.2, 0) is 14.0 Å². The van der Waals surface area contributed by atoms with Gasteiger partial charge in [-0.25, -0.2) is 0 Å². The molecule has 3 aliphatic carbocycles. The zero-order valence-corrected chi connectivity index (χ0v) is 18.2. The first-order valence-corrected chi connectivity index (χ1v) is 12.8. The Bertz CT molecular complexity index is 590. The molecule has 0 unspecified atom stereocenters. The maximum absolute atomic E-state index is 13.2. The van der Waals surface area contributed by atoms with Gasteiger partial charge in [-0.15, -0.1) is 0 Å². The van der Waals surface area contributed by atoms with E-state index in [9.17, 15) is 4.79 Å². The lowest BCUT2D eigenvalue weighted by Gasteiger charge is -2.57. The van der Waals surface area contributed by atoms with E-state index in [1.165, 1.54) is 5.57 Å². The van der Waals surface area contributed by atoms with E-state index in [1.54, 1.807) is 0 Å². The summed E-state index contributed by atoms with van der Waals surface area (Å²) in [6.45, 7) is 20.4. The van der Waals surface area contributed by atoms with Crippen molar-refractivity contribution in [1.29, 1.82) is 0 Å². The van der Waals surface area contributed by atoms with Crippen molar-refractivity contribution in [3.05, 3.63) is 12.2 Å².